The molecule has 0 bridgehead atoms. The first-order valence-electron chi connectivity index (χ1n) is 7.03. The number of rotatable bonds is 6. The third kappa shape index (κ3) is 3.37. The summed E-state index contributed by atoms with van der Waals surface area (Å²) < 4.78 is 0. The molecule has 1 aromatic heterocycles. The Balaban J connectivity index is 1.86. The second kappa shape index (κ2) is 6.06. The van der Waals surface area contributed by atoms with Crippen LogP contribution in [0.2, 0.25) is 0 Å². The van der Waals surface area contributed by atoms with E-state index in [2.05, 4.69) is 19.2 Å². The molecular formula is C15H23NO2S. The highest BCUT2D eigenvalue weighted by molar-refractivity contribution is 7.10. The Bertz CT molecular complexity index is 410. The molecule has 1 amide bonds. The zero-order valence-corrected chi connectivity index (χ0v) is 12.5. The lowest BCUT2D eigenvalue weighted by molar-refractivity contribution is -0.137. The minimum absolute atomic E-state index is 0.128. The predicted molar refractivity (Wildman–Crippen MR) is 78.0 cm³/mol. The smallest absolute Gasteiger partial charge is 0.226 e. The summed E-state index contributed by atoms with van der Waals surface area (Å²) in [6.45, 7) is 4.64. The van der Waals surface area contributed by atoms with Gasteiger partial charge < -0.3 is 10.4 Å². The van der Waals surface area contributed by atoms with Crippen LogP contribution in [0.1, 0.15) is 50.5 Å². The third-order valence-corrected chi connectivity index (χ3v) is 4.89. The lowest BCUT2D eigenvalue weighted by atomic mass is 9.64. The SMILES string of the molecule is CC(C)CC1(C(=O)NC[C@@H](O)c2cccs2)CCC1. The number of hydrogen-bond donors (Lipinski definition) is 2. The van der Waals surface area contributed by atoms with Crippen LogP contribution in [-0.4, -0.2) is 17.6 Å². The van der Waals surface area contributed by atoms with Gasteiger partial charge in [0.25, 0.3) is 0 Å². The summed E-state index contributed by atoms with van der Waals surface area (Å²) in [6, 6.07) is 3.81. The van der Waals surface area contributed by atoms with E-state index in [-0.39, 0.29) is 11.3 Å². The first kappa shape index (κ1) is 14.5. The van der Waals surface area contributed by atoms with Gasteiger partial charge in [0, 0.05) is 16.8 Å². The van der Waals surface area contributed by atoms with Gasteiger partial charge in [0.2, 0.25) is 5.91 Å². The number of carbonyl (C=O) groups excluding carboxylic acids is 1. The molecule has 0 spiro atoms. The quantitative estimate of drug-likeness (QED) is 0.841. The van der Waals surface area contributed by atoms with E-state index in [1.54, 1.807) is 0 Å². The van der Waals surface area contributed by atoms with Crippen molar-refractivity contribution in [3.8, 4) is 0 Å². The highest BCUT2D eigenvalue weighted by Crippen LogP contribution is 2.46. The van der Waals surface area contributed by atoms with Gasteiger partial charge >= 0.3 is 0 Å². The van der Waals surface area contributed by atoms with Crippen LogP contribution in [-0.2, 0) is 4.79 Å². The predicted octanol–water partition coefficient (Wildman–Crippen LogP) is 3.11. The molecule has 1 atom stereocenters. The van der Waals surface area contributed by atoms with Gasteiger partial charge in [-0.3, -0.25) is 4.79 Å². The average molecular weight is 281 g/mol. The van der Waals surface area contributed by atoms with Gasteiger partial charge in [-0.05, 0) is 36.6 Å². The molecule has 2 rings (SSSR count). The monoisotopic (exact) mass is 281 g/mol. The molecule has 106 valence electrons. The largest absolute Gasteiger partial charge is 0.386 e. The van der Waals surface area contributed by atoms with Crippen molar-refractivity contribution in [1.29, 1.82) is 0 Å². The number of aliphatic hydroxyl groups is 1. The molecule has 19 heavy (non-hydrogen) atoms. The van der Waals surface area contributed by atoms with Gasteiger partial charge in [-0.2, -0.15) is 0 Å². The molecule has 2 N–H and O–H groups in total. The molecule has 1 fully saturated rings. The summed E-state index contributed by atoms with van der Waals surface area (Å²) in [7, 11) is 0. The maximum absolute atomic E-state index is 12.3. The molecule has 4 heteroatoms. The Morgan fingerprint density at radius 1 is 1.53 bits per heavy atom. The van der Waals surface area contributed by atoms with E-state index < -0.39 is 6.10 Å². The summed E-state index contributed by atoms with van der Waals surface area (Å²) in [5.41, 5.74) is -0.163. The second-order valence-electron chi connectivity index (χ2n) is 5.97. The maximum Gasteiger partial charge on any atom is 0.226 e. The normalized spacial score (nSPS) is 18.9. The fraction of sp³-hybridized carbons (Fsp3) is 0.667. The summed E-state index contributed by atoms with van der Waals surface area (Å²) in [6.07, 6.45) is 3.50. The van der Waals surface area contributed by atoms with E-state index in [0.29, 0.717) is 12.5 Å². The summed E-state index contributed by atoms with van der Waals surface area (Å²) in [5, 5.41) is 14.9. The number of carbonyl (C=O) groups is 1. The number of hydrogen-bond acceptors (Lipinski definition) is 3. The van der Waals surface area contributed by atoms with Crippen LogP contribution in [0.15, 0.2) is 17.5 Å². The van der Waals surface area contributed by atoms with Crippen LogP contribution in [0.3, 0.4) is 0 Å². The lowest BCUT2D eigenvalue weighted by Gasteiger charge is -2.41. The fourth-order valence-corrected chi connectivity index (χ4v) is 3.58. The summed E-state index contributed by atoms with van der Waals surface area (Å²) in [5.74, 6) is 0.663. The number of aliphatic hydroxyl groups excluding tert-OH is 1. The number of amides is 1. The zero-order valence-electron chi connectivity index (χ0n) is 11.7. The molecule has 1 heterocycles. The van der Waals surface area contributed by atoms with Crippen molar-refractivity contribution in [3.63, 3.8) is 0 Å². The van der Waals surface area contributed by atoms with Crippen LogP contribution in [0.4, 0.5) is 0 Å². The van der Waals surface area contributed by atoms with E-state index in [1.807, 2.05) is 17.5 Å². The van der Waals surface area contributed by atoms with Crippen molar-refractivity contribution in [1.82, 2.24) is 5.32 Å². The Labute approximate surface area is 119 Å². The fourth-order valence-electron chi connectivity index (χ4n) is 2.87. The van der Waals surface area contributed by atoms with E-state index in [0.717, 1.165) is 30.6 Å². The molecule has 0 unspecified atom stereocenters. The van der Waals surface area contributed by atoms with Crippen molar-refractivity contribution < 1.29 is 9.90 Å². The Hall–Kier alpha value is -0.870. The van der Waals surface area contributed by atoms with Crippen molar-refractivity contribution in [2.24, 2.45) is 11.3 Å². The molecule has 3 nitrogen and oxygen atoms in total. The van der Waals surface area contributed by atoms with Crippen molar-refractivity contribution in [3.05, 3.63) is 22.4 Å². The summed E-state index contributed by atoms with van der Waals surface area (Å²) >= 11 is 1.52. The van der Waals surface area contributed by atoms with Crippen molar-refractivity contribution in [2.45, 2.75) is 45.6 Å². The number of nitrogens with one attached hydrogen (secondary N) is 1. The lowest BCUT2D eigenvalue weighted by Crippen LogP contribution is -2.47. The van der Waals surface area contributed by atoms with Crippen molar-refractivity contribution >= 4 is 17.2 Å². The third-order valence-electron chi connectivity index (χ3n) is 3.92. The molecule has 1 saturated carbocycles. The highest BCUT2D eigenvalue weighted by atomic mass is 32.1. The minimum Gasteiger partial charge on any atom is -0.386 e. The molecule has 1 aliphatic rings. The van der Waals surface area contributed by atoms with Gasteiger partial charge in [0.15, 0.2) is 0 Å². The average Bonchev–Trinajstić information content (AvgIpc) is 2.83. The first-order chi connectivity index (χ1) is 9.03. The van der Waals surface area contributed by atoms with Crippen LogP contribution in [0.5, 0.6) is 0 Å². The van der Waals surface area contributed by atoms with Crippen LogP contribution in [0, 0.1) is 11.3 Å². The minimum atomic E-state index is -0.583. The molecule has 0 aliphatic heterocycles. The van der Waals surface area contributed by atoms with E-state index in [9.17, 15) is 9.90 Å². The van der Waals surface area contributed by atoms with Gasteiger partial charge in [-0.15, -0.1) is 11.3 Å². The van der Waals surface area contributed by atoms with Gasteiger partial charge in [0.05, 0.1) is 0 Å². The number of thiophene rings is 1. The van der Waals surface area contributed by atoms with E-state index in [4.69, 9.17) is 0 Å². The highest BCUT2D eigenvalue weighted by Gasteiger charge is 2.44. The first-order valence-corrected chi connectivity index (χ1v) is 7.91. The molecule has 0 aromatic carbocycles. The molecule has 1 aliphatic carbocycles. The van der Waals surface area contributed by atoms with Crippen LogP contribution >= 0.6 is 11.3 Å². The topological polar surface area (TPSA) is 49.3 Å². The van der Waals surface area contributed by atoms with E-state index in [1.165, 1.54) is 11.3 Å². The molecule has 1 aromatic rings. The van der Waals surface area contributed by atoms with Crippen LogP contribution < -0.4 is 5.32 Å². The maximum atomic E-state index is 12.3. The molecular weight excluding hydrogens is 258 g/mol. The van der Waals surface area contributed by atoms with Gasteiger partial charge in [-0.1, -0.05) is 26.3 Å². The standard InChI is InChI=1S/C15H23NO2S/c1-11(2)9-15(6-4-7-15)14(18)16-10-12(17)13-5-3-8-19-13/h3,5,8,11-12,17H,4,6-7,9-10H2,1-2H3,(H,16,18)/t12-/m1/s1. The van der Waals surface area contributed by atoms with Crippen LogP contribution in [0.25, 0.3) is 0 Å². The summed E-state index contributed by atoms with van der Waals surface area (Å²) in [4.78, 5) is 13.2. The Morgan fingerprint density at radius 3 is 2.74 bits per heavy atom. The molecule has 0 saturated heterocycles. The second-order valence-corrected chi connectivity index (χ2v) is 6.95. The Kier molecular flexibility index (Phi) is 4.63. The van der Waals surface area contributed by atoms with Crippen molar-refractivity contribution in [2.75, 3.05) is 6.54 Å². The van der Waals surface area contributed by atoms with Gasteiger partial charge in [0.1, 0.15) is 6.10 Å². The Morgan fingerprint density at radius 2 is 2.26 bits per heavy atom. The van der Waals surface area contributed by atoms with Gasteiger partial charge in [-0.25, -0.2) is 0 Å². The van der Waals surface area contributed by atoms with E-state index >= 15 is 0 Å². The zero-order chi connectivity index (χ0) is 13.9. The molecule has 0 radical (unpaired) electrons.